The van der Waals surface area contributed by atoms with Crippen molar-refractivity contribution in [2.75, 3.05) is 39.3 Å². The lowest BCUT2D eigenvalue weighted by Crippen LogP contribution is -2.52. The molecule has 3 atom stereocenters. The molecule has 2 rings (SSSR count). The highest BCUT2D eigenvalue weighted by atomic mass is 32.2. The van der Waals surface area contributed by atoms with Crippen LogP contribution in [0.1, 0.15) is 25.7 Å². The highest BCUT2D eigenvalue weighted by Crippen LogP contribution is 2.19. The van der Waals surface area contributed by atoms with Gasteiger partial charge < -0.3 is 26.0 Å². The molecule has 6 N–H and O–H groups in total. The molecule has 2 heterocycles. The maximum Gasteiger partial charge on any atom is 0.333 e. The number of hydrogen-bond acceptors (Lipinski definition) is 6. The average molecular weight is 379 g/mol. The lowest BCUT2D eigenvalue weighted by atomic mass is 10.1. The molecule has 0 unspecified atom stereocenters. The van der Waals surface area contributed by atoms with E-state index in [9.17, 15) is 18.3 Å². The van der Waals surface area contributed by atoms with Crippen molar-refractivity contribution in [1.29, 1.82) is 0 Å². The number of nitrogens with one attached hydrogen (secondary N) is 2. The first-order valence-electron chi connectivity index (χ1n) is 8.69. The van der Waals surface area contributed by atoms with Crippen molar-refractivity contribution >= 4 is 16.3 Å². The van der Waals surface area contributed by atoms with Crippen LogP contribution in [0.5, 0.6) is 0 Å². The van der Waals surface area contributed by atoms with Crippen molar-refractivity contribution in [2.45, 2.75) is 43.8 Å². The number of likely N-dealkylation sites (tertiary alicyclic amines) is 2. The Morgan fingerprint density at radius 2 is 1.96 bits per heavy atom. The van der Waals surface area contributed by atoms with Gasteiger partial charge in [-0.3, -0.25) is 4.55 Å². The summed E-state index contributed by atoms with van der Waals surface area (Å²) in [7, 11) is -4.38. The van der Waals surface area contributed by atoms with Gasteiger partial charge >= 0.3 is 16.3 Å². The van der Waals surface area contributed by atoms with E-state index in [4.69, 9.17) is 10.3 Å². The predicted octanol–water partition coefficient (Wildman–Crippen LogP) is -1.66. The summed E-state index contributed by atoms with van der Waals surface area (Å²) >= 11 is 0. The van der Waals surface area contributed by atoms with Crippen molar-refractivity contribution in [1.82, 2.24) is 19.8 Å². The zero-order valence-corrected chi connectivity index (χ0v) is 15.1. The van der Waals surface area contributed by atoms with Gasteiger partial charge in [-0.05, 0) is 32.2 Å². The minimum atomic E-state index is -4.38. The largest absolute Gasteiger partial charge is 0.394 e. The van der Waals surface area contributed by atoms with E-state index in [0.717, 1.165) is 38.9 Å². The highest BCUT2D eigenvalue weighted by Gasteiger charge is 2.39. The van der Waals surface area contributed by atoms with Crippen LogP contribution in [0.25, 0.3) is 0 Å². The molecule has 25 heavy (non-hydrogen) atoms. The van der Waals surface area contributed by atoms with E-state index >= 15 is 0 Å². The number of nitrogens with zero attached hydrogens (tertiary/aromatic N) is 2. The van der Waals surface area contributed by atoms with E-state index in [1.165, 1.54) is 4.90 Å². The van der Waals surface area contributed by atoms with Crippen LogP contribution < -0.4 is 15.8 Å². The fraction of sp³-hybridized carbons (Fsp3) is 0.929. The summed E-state index contributed by atoms with van der Waals surface area (Å²) in [5.74, 6) is 0. The molecule has 0 aliphatic carbocycles. The van der Waals surface area contributed by atoms with E-state index in [-0.39, 0.29) is 18.7 Å². The smallest absolute Gasteiger partial charge is 0.333 e. The highest BCUT2D eigenvalue weighted by molar-refractivity contribution is 7.83. The van der Waals surface area contributed by atoms with Gasteiger partial charge in [-0.1, -0.05) is 0 Å². The van der Waals surface area contributed by atoms with Crippen molar-refractivity contribution < 1.29 is 22.9 Å². The van der Waals surface area contributed by atoms with Crippen LogP contribution in [0.15, 0.2) is 0 Å². The second kappa shape index (κ2) is 9.10. The molecule has 2 amide bonds. The van der Waals surface area contributed by atoms with Gasteiger partial charge in [0, 0.05) is 38.3 Å². The maximum absolute atomic E-state index is 12.5. The summed E-state index contributed by atoms with van der Waals surface area (Å²) in [6, 6.07) is -1.65. The Labute approximate surface area is 148 Å². The van der Waals surface area contributed by atoms with E-state index in [1.807, 2.05) is 0 Å². The molecule has 0 spiro atoms. The molecule has 146 valence electrons. The Bertz CT molecular complexity index is 546. The average Bonchev–Trinajstić information content (AvgIpc) is 2.79. The Morgan fingerprint density at radius 1 is 1.20 bits per heavy atom. The predicted molar refractivity (Wildman–Crippen MR) is 92.3 cm³/mol. The lowest BCUT2D eigenvalue weighted by Gasteiger charge is -2.28. The maximum atomic E-state index is 12.5. The van der Waals surface area contributed by atoms with Gasteiger partial charge in [0.2, 0.25) is 0 Å². The summed E-state index contributed by atoms with van der Waals surface area (Å²) in [5.41, 5.74) is 5.59. The number of aliphatic hydroxyl groups is 1. The van der Waals surface area contributed by atoms with Crippen molar-refractivity contribution in [3.05, 3.63) is 0 Å². The normalized spacial score (nSPS) is 28.8. The quantitative estimate of drug-likeness (QED) is 0.347. The second-order valence-electron chi connectivity index (χ2n) is 6.64. The minimum absolute atomic E-state index is 0.0446. The van der Waals surface area contributed by atoms with Gasteiger partial charge in [0.05, 0.1) is 12.6 Å². The summed E-state index contributed by atoms with van der Waals surface area (Å²) in [5, 5.41) is 12.5. The van der Waals surface area contributed by atoms with Gasteiger partial charge in [0.1, 0.15) is 0 Å². The molecule has 0 bridgehead atoms. The van der Waals surface area contributed by atoms with Gasteiger partial charge in [-0.15, -0.1) is 0 Å². The summed E-state index contributed by atoms with van der Waals surface area (Å²) in [4.78, 5) is 16.3. The zero-order chi connectivity index (χ0) is 18.4. The van der Waals surface area contributed by atoms with Crippen molar-refractivity contribution in [2.24, 2.45) is 5.73 Å². The minimum Gasteiger partial charge on any atom is -0.394 e. The van der Waals surface area contributed by atoms with Crippen molar-refractivity contribution in [3.8, 4) is 0 Å². The van der Waals surface area contributed by atoms with Crippen molar-refractivity contribution in [3.63, 3.8) is 0 Å². The van der Waals surface area contributed by atoms with Gasteiger partial charge in [-0.25, -0.2) is 4.79 Å². The van der Waals surface area contributed by atoms with E-state index in [2.05, 4.69) is 14.9 Å². The molecule has 0 aromatic rings. The third-order valence-electron chi connectivity index (χ3n) is 4.89. The first kappa shape index (κ1) is 20.3. The fourth-order valence-corrected chi connectivity index (χ4v) is 4.28. The number of urea groups is 1. The van der Waals surface area contributed by atoms with Crippen LogP contribution in [0.2, 0.25) is 0 Å². The molecular weight excluding hydrogens is 350 g/mol. The number of aliphatic hydroxyl groups excluding tert-OH is 1. The number of amides is 2. The van der Waals surface area contributed by atoms with Gasteiger partial charge in [-0.2, -0.15) is 13.1 Å². The van der Waals surface area contributed by atoms with Crippen LogP contribution >= 0.6 is 0 Å². The number of carbonyl (C=O) groups is 1. The summed E-state index contributed by atoms with van der Waals surface area (Å²) < 4.78 is 33.0. The molecule has 2 aliphatic heterocycles. The molecule has 2 fully saturated rings. The molecule has 0 aromatic heterocycles. The molecule has 11 heteroatoms. The SMILES string of the molecule is NCCN1CCC[C@H](NC(=O)N2CC[C@@H](NS(=O)(=O)O)[C@H]2CO)CC1. The number of hydrogen-bond donors (Lipinski definition) is 5. The third kappa shape index (κ3) is 6.04. The topological polar surface area (TPSA) is 148 Å². The molecule has 0 radical (unpaired) electrons. The van der Waals surface area contributed by atoms with E-state index in [0.29, 0.717) is 19.5 Å². The molecule has 10 nitrogen and oxygen atoms in total. The Morgan fingerprint density at radius 3 is 2.60 bits per heavy atom. The Balaban J connectivity index is 1.89. The number of rotatable bonds is 6. The number of nitrogens with two attached hydrogens (primary N) is 1. The van der Waals surface area contributed by atoms with Gasteiger partial charge in [0.25, 0.3) is 0 Å². The first-order chi connectivity index (χ1) is 11.8. The summed E-state index contributed by atoms with van der Waals surface area (Å²) in [6.45, 7) is 3.24. The van der Waals surface area contributed by atoms with Crippen LogP contribution in [-0.2, 0) is 10.3 Å². The fourth-order valence-electron chi connectivity index (χ4n) is 3.62. The second-order valence-corrected chi connectivity index (χ2v) is 7.82. The van der Waals surface area contributed by atoms with Crippen LogP contribution in [-0.4, -0.2) is 91.4 Å². The molecule has 2 aliphatic rings. The Hall–Kier alpha value is -0.980. The van der Waals surface area contributed by atoms with E-state index < -0.39 is 22.4 Å². The van der Waals surface area contributed by atoms with Crippen LogP contribution in [0.4, 0.5) is 4.79 Å². The zero-order valence-electron chi connectivity index (χ0n) is 14.3. The standard InChI is InChI=1S/C14H29N5O5S/c15-5-9-18-6-1-2-11(3-7-18)16-14(21)19-8-4-12(13(19)10-20)17-25(22,23)24/h11-13,17,20H,1-10,15H2,(H,16,21)(H,22,23,24)/t11-,12+,13+/m0/s1. The molecule has 0 saturated carbocycles. The van der Waals surface area contributed by atoms with E-state index in [1.54, 1.807) is 0 Å². The van der Waals surface area contributed by atoms with Gasteiger partial charge in [0.15, 0.2) is 0 Å². The van der Waals surface area contributed by atoms with Crippen LogP contribution in [0, 0.1) is 0 Å². The van der Waals surface area contributed by atoms with Crippen LogP contribution in [0.3, 0.4) is 0 Å². The molecular formula is C14H29N5O5S. The number of carbonyl (C=O) groups excluding carboxylic acids is 1. The monoisotopic (exact) mass is 379 g/mol. The molecule has 2 saturated heterocycles. The summed E-state index contributed by atoms with van der Waals surface area (Å²) in [6.07, 6.45) is 3.02. The Kier molecular flexibility index (Phi) is 7.40. The third-order valence-corrected chi connectivity index (χ3v) is 5.49. The first-order valence-corrected chi connectivity index (χ1v) is 10.1. The molecule has 0 aromatic carbocycles. The lowest BCUT2D eigenvalue weighted by molar-refractivity contribution is 0.146.